The Bertz CT molecular complexity index is 632. The van der Waals surface area contributed by atoms with Crippen molar-refractivity contribution in [1.82, 2.24) is 4.98 Å². The number of pyridine rings is 1. The molecule has 1 heterocycles. The molecule has 0 spiro atoms. The van der Waals surface area contributed by atoms with E-state index < -0.39 is 0 Å². The smallest absolute Gasteiger partial charge is 0.142 e. The Kier molecular flexibility index (Phi) is 3.22. The molecule has 0 saturated carbocycles. The van der Waals surface area contributed by atoms with Crippen molar-refractivity contribution >= 4 is 11.5 Å². The minimum atomic E-state index is 0.382. The summed E-state index contributed by atoms with van der Waals surface area (Å²) in [6.07, 6.45) is 0. The Hall–Kier alpha value is -2.85. The number of hydrogen-bond donors (Lipinski definition) is 0. The first kappa shape index (κ1) is 11.6. The normalized spacial score (nSPS) is 9.28. The highest BCUT2D eigenvalue weighted by atomic mass is 15.2. The maximum absolute atomic E-state index is 8.82. The summed E-state index contributed by atoms with van der Waals surface area (Å²) in [7, 11) is 1.87. The van der Waals surface area contributed by atoms with Crippen molar-refractivity contribution in [2.45, 2.75) is 0 Å². The van der Waals surface area contributed by atoms with Crippen LogP contribution in [0.25, 0.3) is 0 Å². The fourth-order valence-corrected chi connectivity index (χ4v) is 1.56. The fourth-order valence-electron chi connectivity index (χ4n) is 1.56. The highest BCUT2D eigenvalue weighted by molar-refractivity contribution is 5.60. The van der Waals surface area contributed by atoms with Crippen molar-refractivity contribution in [3.8, 4) is 12.1 Å². The summed E-state index contributed by atoms with van der Waals surface area (Å²) in [5.41, 5.74) is 1.91. The molecule has 0 amide bonds. The standard InChI is InChI=1S/C14H10N4/c1-18(13-7-5-11(9-15)6-8-13)14-4-2-3-12(10-16)17-14/h2-8H,1H3. The Morgan fingerprint density at radius 2 is 1.72 bits per heavy atom. The van der Waals surface area contributed by atoms with Crippen LogP contribution in [-0.2, 0) is 0 Å². The number of hydrogen-bond acceptors (Lipinski definition) is 4. The van der Waals surface area contributed by atoms with Crippen LogP contribution in [0, 0.1) is 22.7 Å². The second kappa shape index (κ2) is 4.99. The molecule has 4 heteroatoms. The molecule has 2 rings (SSSR count). The summed E-state index contributed by atoms with van der Waals surface area (Å²) < 4.78 is 0. The fraction of sp³-hybridized carbons (Fsp3) is 0.0714. The maximum atomic E-state index is 8.82. The number of benzene rings is 1. The molecule has 0 radical (unpaired) electrons. The largest absolute Gasteiger partial charge is 0.329 e. The van der Waals surface area contributed by atoms with Crippen LogP contribution in [0.4, 0.5) is 11.5 Å². The van der Waals surface area contributed by atoms with Crippen LogP contribution in [0.5, 0.6) is 0 Å². The van der Waals surface area contributed by atoms with Gasteiger partial charge in [0.15, 0.2) is 0 Å². The molecule has 2 aromatic rings. The molecule has 0 aliphatic heterocycles. The van der Waals surface area contributed by atoms with E-state index >= 15 is 0 Å². The molecule has 0 aliphatic carbocycles. The zero-order valence-corrected chi connectivity index (χ0v) is 9.83. The van der Waals surface area contributed by atoms with Gasteiger partial charge in [-0.15, -0.1) is 0 Å². The summed E-state index contributed by atoms with van der Waals surface area (Å²) >= 11 is 0. The van der Waals surface area contributed by atoms with Gasteiger partial charge in [-0.2, -0.15) is 10.5 Å². The highest BCUT2D eigenvalue weighted by Crippen LogP contribution is 2.21. The minimum Gasteiger partial charge on any atom is -0.329 e. The van der Waals surface area contributed by atoms with Crippen molar-refractivity contribution in [3.63, 3.8) is 0 Å². The van der Waals surface area contributed by atoms with Crippen LogP contribution in [0.3, 0.4) is 0 Å². The van der Waals surface area contributed by atoms with Crippen LogP contribution in [0.2, 0.25) is 0 Å². The van der Waals surface area contributed by atoms with Gasteiger partial charge in [0.1, 0.15) is 17.6 Å². The first-order valence-corrected chi connectivity index (χ1v) is 5.35. The summed E-state index contributed by atoms with van der Waals surface area (Å²) in [4.78, 5) is 6.07. The van der Waals surface area contributed by atoms with Gasteiger partial charge >= 0.3 is 0 Å². The third-order valence-corrected chi connectivity index (χ3v) is 2.58. The van der Waals surface area contributed by atoms with Gasteiger partial charge in [0, 0.05) is 12.7 Å². The monoisotopic (exact) mass is 234 g/mol. The average molecular weight is 234 g/mol. The van der Waals surface area contributed by atoms with Crippen LogP contribution in [0.15, 0.2) is 42.5 Å². The maximum Gasteiger partial charge on any atom is 0.142 e. The van der Waals surface area contributed by atoms with Gasteiger partial charge in [-0.25, -0.2) is 4.98 Å². The van der Waals surface area contributed by atoms with Gasteiger partial charge in [-0.05, 0) is 36.4 Å². The van der Waals surface area contributed by atoms with Crippen LogP contribution in [-0.4, -0.2) is 12.0 Å². The molecule has 1 aromatic carbocycles. The molecule has 0 atom stereocenters. The minimum absolute atomic E-state index is 0.382. The Morgan fingerprint density at radius 1 is 1.00 bits per heavy atom. The van der Waals surface area contributed by atoms with E-state index in [2.05, 4.69) is 11.1 Å². The SMILES string of the molecule is CN(c1ccc(C#N)cc1)c1cccc(C#N)n1. The molecule has 4 nitrogen and oxygen atoms in total. The van der Waals surface area contributed by atoms with Crippen molar-refractivity contribution in [2.24, 2.45) is 0 Å². The molecule has 18 heavy (non-hydrogen) atoms. The predicted octanol–water partition coefficient (Wildman–Crippen LogP) is 2.59. The lowest BCUT2D eigenvalue weighted by Gasteiger charge is -2.18. The Morgan fingerprint density at radius 3 is 2.33 bits per heavy atom. The number of nitriles is 2. The number of aromatic nitrogens is 1. The predicted molar refractivity (Wildman–Crippen MR) is 68.2 cm³/mol. The molecule has 0 bridgehead atoms. The molecule has 1 aromatic heterocycles. The molecular weight excluding hydrogens is 224 g/mol. The second-order valence-electron chi connectivity index (χ2n) is 3.71. The van der Waals surface area contributed by atoms with Crippen LogP contribution < -0.4 is 4.90 Å². The number of nitrogens with zero attached hydrogens (tertiary/aromatic N) is 4. The van der Waals surface area contributed by atoms with E-state index in [-0.39, 0.29) is 0 Å². The lowest BCUT2D eigenvalue weighted by molar-refractivity contribution is 1.11. The van der Waals surface area contributed by atoms with Crippen LogP contribution >= 0.6 is 0 Å². The molecule has 0 unspecified atom stereocenters. The zero-order valence-electron chi connectivity index (χ0n) is 9.83. The molecule has 0 saturated heterocycles. The van der Waals surface area contributed by atoms with E-state index in [1.54, 1.807) is 24.3 Å². The van der Waals surface area contributed by atoms with Gasteiger partial charge < -0.3 is 4.90 Å². The zero-order chi connectivity index (χ0) is 13.0. The first-order chi connectivity index (χ1) is 8.74. The lowest BCUT2D eigenvalue weighted by atomic mass is 10.2. The van der Waals surface area contributed by atoms with E-state index in [0.29, 0.717) is 17.1 Å². The van der Waals surface area contributed by atoms with Gasteiger partial charge in [0.2, 0.25) is 0 Å². The average Bonchev–Trinajstić information content (AvgIpc) is 2.46. The third-order valence-electron chi connectivity index (χ3n) is 2.58. The van der Waals surface area contributed by atoms with Gasteiger partial charge in [-0.3, -0.25) is 0 Å². The lowest BCUT2D eigenvalue weighted by Crippen LogP contribution is -2.11. The quantitative estimate of drug-likeness (QED) is 0.801. The molecular formula is C14H10N4. The van der Waals surface area contributed by atoms with Crippen LogP contribution in [0.1, 0.15) is 11.3 Å². The molecule has 86 valence electrons. The van der Waals surface area contributed by atoms with E-state index in [9.17, 15) is 0 Å². The van der Waals surface area contributed by atoms with Gasteiger partial charge in [-0.1, -0.05) is 6.07 Å². The summed E-state index contributed by atoms with van der Waals surface area (Å²) in [6.45, 7) is 0. The number of rotatable bonds is 2. The first-order valence-electron chi connectivity index (χ1n) is 5.35. The van der Waals surface area contributed by atoms with Crippen molar-refractivity contribution < 1.29 is 0 Å². The number of anilines is 2. The summed E-state index contributed by atoms with van der Waals surface area (Å²) in [6, 6.07) is 16.6. The molecule has 0 fully saturated rings. The van der Waals surface area contributed by atoms with E-state index in [1.165, 1.54) is 0 Å². The van der Waals surface area contributed by atoms with Gasteiger partial charge in [0.05, 0.1) is 11.6 Å². The third kappa shape index (κ3) is 2.28. The van der Waals surface area contributed by atoms with Gasteiger partial charge in [0.25, 0.3) is 0 Å². The van der Waals surface area contributed by atoms with E-state index in [0.717, 1.165) is 5.69 Å². The second-order valence-corrected chi connectivity index (χ2v) is 3.71. The van der Waals surface area contributed by atoms with E-state index in [4.69, 9.17) is 10.5 Å². The van der Waals surface area contributed by atoms with Crippen molar-refractivity contribution in [3.05, 3.63) is 53.7 Å². The summed E-state index contributed by atoms with van der Waals surface area (Å²) in [5.74, 6) is 0.693. The Balaban J connectivity index is 2.32. The topological polar surface area (TPSA) is 63.7 Å². The molecule has 0 aliphatic rings. The van der Waals surface area contributed by atoms with Crippen molar-refractivity contribution in [2.75, 3.05) is 11.9 Å². The van der Waals surface area contributed by atoms with E-state index in [1.807, 2.05) is 36.2 Å². The highest BCUT2D eigenvalue weighted by Gasteiger charge is 2.05. The Labute approximate surface area is 105 Å². The van der Waals surface area contributed by atoms with Crippen molar-refractivity contribution in [1.29, 1.82) is 10.5 Å². The molecule has 0 N–H and O–H groups in total. The summed E-state index contributed by atoms with van der Waals surface area (Å²) in [5, 5.41) is 17.6.